The Hall–Kier alpha value is -3.42. The normalized spacial score (nSPS) is 14.2. The first-order valence-electron chi connectivity index (χ1n) is 10.8. The summed E-state index contributed by atoms with van der Waals surface area (Å²) in [6, 6.07) is 6.45. The monoisotopic (exact) mass is 436 g/mol. The standard InChI is InChI=1S/C24H26F2N6/c1-6-8-31-9-7-15-16(10-14(25)11-19(15)31)17-12-18(26)21-22(20(17)27-5)32-13(2)29-30-23(32)24(3,4)28-21/h7,9-12,27-28H,6,8H2,1-5H3. The molecule has 2 aromatic carbocycles. The molecule has 1 aliphatic rings. The summed E-state index contributed by atoms with van der Waals surface area (Å²) in [5.74, 6) is 0.576. The second-order valence-corrected chi connectivity index (χ2v) is 8.81. The molecule has 0 bridgehead atoms. The van der Waals surface area contributed by atoms with Gasteiger partial charge in [0.1, 0.15) is 17.5 Å². The van der Waals surface area contributed by atoms with E-state index < -0.39 is 11.4 Å². The summed E-state index contributed by atoms with van der Waals surface area (Å²) in [7, 11) is 1.79. The zero-order valence-corrected chi connectivity index (χ0v) is 18.8. The molecule has 0 amide bonds. The molecule has 0 spiro atoms. The Bertz CT molecular complexity index is 1370. The van der Waals surface area contributed by atoms with Crippen molar-refractivity contribution in [2.45, 2.75) is 46.2 Å². The second kappa shape index (κ2) is 7.05. The van der Waals surface area contributed by atoms with Crippen molar-refractivity contribution < 1.29 is 8.78 Å². The third-order valence-electron chi connectivity index (χ3n) is 6.16. The maximum atomic E-state index is 15.6. The Morgan fingerprint density at radius 3 is 2.62 bits per heavy atom. The number of aromatic nitrogens is 4. The molecular weight excluding hydrogens is 410 g/mol. The van der Waals surface area contributed by atoms with E-state index in [0.29, 0.717) is 39.8 Å². The van der Waals surface area contributed by atoms with Gasteiger partial charge in [0.25, 0.3) is 0 Å². The number of hydrogen-bond acceptors (Lipinski definition) is 4. The van der Waals surface area contributed by atoms with E-state index in [1.54, 1.807) is 7.05 Å². The summed E-state index contributed by atoms with van der Waals surface area (Å²) in [5, 5.41) is 16.0. The Morgan fingerprint density at radius 2 is 1.91 bits per heavy atom. The summed E-state index contributed by atoms with van der Waals surface area (Å²) in [6.07, 6.45) is 2.89. The van der Waals surface area contributed by atoms with Gasteiger partial charge in [-0.05, 0) is 57.0 Å². The molecule has 166 valence electrons. The van der Waals surface area contributed by atoms with Gasteiger partial charge in [0.05, 0.1) is 28.1 Å². The maximum Gasteiger partial charge on any atom is 0.162 e. The van der Waals surface area contributed by atoms with Crippen LogP contribution < -0.4 is 10.6 Å². The molecule has 0 fully saturated rings. The van der Waals surface area contributed by atoms with Crippen LogP contribution in [0, 0.1) is 18.6 Å². The van der Waals surface area contributed by atoms with E-state index in [0.717, 1.165) is 23.9 Å². The van der Waals surface area contributed by atoms with Crippen LogP contribution in [0.5, 0.6) is 0 Å². The van der Waals surface area contributed by atoms with Gasteiger partial charge in [0.2, 0.25) is 0 Å². The largest absolute Gasteiger partial charge is 0.386 e. The van der Waals surface area contributed by atoms with Crippen LogP contribution in [0.2, 0.25) is 0 Å². The van der Waals surface area contributed by atoms with Gasteiger partial charge in [-0.1, -0.05) is 6.92 Å². The van der Waals surface area contributed by atoms with Crippen LogP contribution in [0.25, 0.3) is 27.7 Å². The molecule has 0 saturated heterocycles. The SMILES string of the molecule is CCCn1ccc2c(-c3cc(F)c4c(c3NC)-n3c(C)nnc3C(C)(C)N4)cc(F)cc21. The minimum Gasteiger partial charge on any atom is -0.386 e. The van der Waals surface area contributed by atoms with E-state index in [2.05, 4.69) is 27.8 Å². The molecule has 0 saturated carbocycles. The van der Waals surface area contributed by atoms with Crippen molar-refractivity contribution in [2.24, 2.45) is 0 Å². The topological polar surface area (TPSA) is 59.7 Å². The van der Waals surface area contributed by atoms with Gasteiger partial charge < -0.3 is 15.2 Å². The number of nitrogens with one attached hydrogen (secondary N) is 2. The summed E-state index contributed by atoms with van der Waals surface area (Å²) in [4.78, 5) is 0. The minimum absolute atomic E-state index is 0.357. The highest BCUT2D eigenvalue weighted by Crippen LogP contribution is 2.47. The molecule has 0 aliphatic carbocycles. The van der Waals surface area contributed by atoms with Gasteiger partial charge in [0.15, 0.2) is 5.82 Å². The van der Waals surface area contributed by atoms with Crippen LogP contribution in [0.1, 0.15) is 38.8 Å². The highest BCUT2D eigenvalue weighted by molar-refractivity contribution is 6.02. The van der Waals surface area contributed by atoms with Crippen molar-refractivity contribution in [3.63, 3.8) is 0 Å². The summed E-state index contributed by atoms with van der Waals surface area (Å²) in [6.45, 7) is 8.59. The first kappa shape index (κ1) is 20.5. The van der Waals surface area contributed by atoms with E-state index >= 15 is 4.39 Å². The fraction of sp³-hybridized carbons (Fsp3) is 0.333. The molecule has 1 aliphatic heterocycles. The number of benzene rings is 2. The van der Waals surface area contributed by atoms with Crippen molar-refractivity contribution in [1.82, 2.24) is 19.3 Å². The van der Waals surface area contributed by atoms with Crippen molar-refractivity contribution in [3.8, 4) is 16.8 Å². The maximum absolute atomic E-state index is 15.6. The number of anilines is 2. The van der Waals surface area contributed by atoms with Gasteiger partial charge in [-0.2, -0.15) is 0 Å². The fourth-order valence-electron chi connectivity index (χ4n) is 4.77. The van der Waals surface area contributed by atoms with Crippen LogP contribution in [-0.4, -0.2) is 26.4 Å². The lowest BCUT2D eigenvalue weighted by molar-refractivity contribution is 0.523. The van der Waals surface area contributed by atoms with E-state index in [9.17, 15) is 4.39 Å². The van der Waals surface area contributed by atoms with E-state index in [1.807, 2.05) is 42.2 Å². The second-order valence-electron chi connectivity index (χ2n) is 8.81. The lowest BCUT2D eigenvalue weighted by Crippen LogP contribution is -2.36. The van der Waals surface area contributed by atoms with Crippen molar-refractivity contribution in [1.29, 1.82) is 0 Å². The van der Waals surface area contributed by atoms with Crippen LogP contribution in [0.15, 0.2) is 30.5 Å². The van der Waals surface area contributed by atoms with Crippen molar-refractivity contribution in [3.05, 3.63) is 53.7 Å². The molecule has 2 aromatic heterocycles. The Morgan fingerprint density at radius 1 is 1.12 bits per heavy atom. The molecule has 4 aromatic rings. The number of fused-ring (bicyclic) bond motifs is 4. The molecule has 5 rings (SSSR count). The predicted molar refractivity (Wildman–Crippen MR) is 123 cm³/mol. The zero-order chi connectivity index (χ0) is 22.8. The molecular formula is C24H26F2N6. The molecule has 2 N–H and O–H groups in total. The predicted octanol–water partition coefficient (Wildman–Crippen LogP) is 5.59. The Balaban J connectivity index is 1.85. The molecule has 3 heterocycles. The van der Waals surface area contributed by atoms with Gasteiger partial charge in [-0.15, -0.1) is 10.2 Å². The quantitative estimate of drug-likeness (QED) is 0.438. The van der Waals surface area contributed by atoms with Crippen molar-refractivity contribution in [2.75, 3.05) is 17.7 Å². The van der Waals surface area contributed by atoms with Gasteiger partial charge in [0, 0.05) is 30.7 Å². The lowest BCUT2D eigenvalue weighted by Gasteiger charge is -2.35. The number of hydrogen-bond donors (Lipinski definition) is 2. The van der Waals surface area contributed by atoms with Crippen LogP contribution in [-0.2, 0) is 12.1 Å². The average molecular weight is 437 g/mol. The van der Waals surface area contributed by atoms with Gasteiger partial charge >= 0.3 is 0 Å². The van der Waals surface area contributed by atoms with Crippen LogP contribution in [0.4, 0.5) is 20.2 Å². The molecule has 0 atom stereocenters. The average Bonchev–Trinajstić information content (AvgIpc) is 3.33. The summed E-state index contributed by atoms with van der Waals surface area (Å²) < 4.78 is 34.2. The molecule has 0 unspecified atom stereocenters. The zero-order valence-electron chi connectivity index (χ0n) is 18.8. The minimum atomic E-state index is -0.606. The van der Waals surface area contributed by atoms with Crippen molar-refractivity contribution >= 4 is 22.3 Å². The van der Waals surface area contributed by atoms with E-state index in [4.69, 9.17) is 0 Å². The van der Waals surface area contributed by atoms with Crippen LogP contribution >= 0.6 is 0 Å². The third-order valence-corrected chi connectivity index (χ3v) is 6.16. The first-order valence-corrected chi connectivity index (χ1v) is 10.8. The lowest BCUT2D eigenvalue weighted by atomic mass is 9.94. The smallest absolute Gasteiger partial charge is 0.162 e. The molecule has 6 nitrogen and oxygen atoms in total. The first-order chi connectivity index (χ1) is 15.3. The van der Waals surface area contributed by atoms with E-state index in [-0.39, 0.29) is 5.82 Å². The summed E-state index contributed by atoms with van der Waals surface area (Å²) >= 11 is 0. The molecule has 8 heteroatoms. The number of halogens is 2. The van der Waals surface area contributed by atoms with E-state index in [1.165, 1.54) is 18.2 Å². The summed E-state index contributed by atoms with van der Waals surface area (Å²) in [5.41, 5.74) is 3.07. The number of aryl methyl sites for hydroxylation is 2. The Labute approximate surface area is 185 Å². The molecule has 32 heavy (non-hydrogen) atoms. The third kappa shape index (κ3) is 2.82. The fourth-order valence-corrected chi connectivity index (χ4v) is 4.77. The highest BCUT2D eigenvalue weighted by Gasteiger charge is 2.37. The van der Waals surface area contributed by atoms with Crippen LogP contribution in [0.3, 0.4) is 0 Å². The van der Waals surface area contributed by atoms with Gasteiger partial charge in [-0.3, -0.25) is 4.57 Å². The number of nitrogens with zero attached hydrogens (tertiary/aromatic N) is 4. The number of rotatable bonds is 4. The highest BCUT2D eigenvalue weighted by atomic mass is 19.1. The van der Waals surface area contributed by atoms with Gasteiger partial charge in [-0.25, -0.2) is 8.78 Å². The molecule has 0 radical (unpaired) electrons. The Kier molecular flexibility index (Phi) is 4.51.